The van der Waals surface area contributed by atoms with Gasteiger partial charge in [-0.1, -0.05) is 0 Å². The number of esters is 1. The minimum absolute atomic E-state index is 0.0145. The molecule has 1 saturated heterocycles. The molecule has 0 radical (unpaired) electrons. The number of carbonyl (C=O) groups is 2. The van der Waals surface area contributed by atoms with Gasteiger partial charge in [0.05, 0.1) is 12.5 Å². The average molecular weight is 304 g/mol. The molecule has 1 atom stereocenters. The number of likely N-dealkylation sites (tertiary alicyclic amines) is 1. The number of anilines is 1. The van der Waals surface area contributed by atoms with Crippen LogP contribution in [-0.4, -0.2) is 50.6 Å². The van der Waals surface area contributed by atoms with E-state index in [4.69, 9.17) is 4.74 Å². The molecule has 1 aliphatic rings. The monoisotopic (exact) mass is 304 g/mol. The van der Waals surface area contributed by atoms with Gasteiger partial charge >= 0.3 is 5.97 Å². The summed E-state index contributed by atoms with van der Waals surface area (Å²) in [7, 11) is 3.93. The maximum absolute atomic E-state index is 12.6. The predicted octanol–water partition coefficient (Wildman–Crippen LogP) is 2.17. The molecule has 1 aliphatic heterocycles. The fourth-order valence-electron chi connectivity index (χ4n) is 2.70. The summed E-state index contributed by atoms with van der Waals surface area (Å²) in [6.45, 7) is 3.34. The summed E-state index contributed by atoms with van der Waals surface area (Å²) < 4.78 is 5.07. The quantitative estimate of drug-likeness (QED) is 0.800. The lowest BCUT2D eigenvalue weighted by Crippen LogP contribution is -2.42. The van der Waals surface area contributed by atoms with Crippen LogP contribution in [0.2, 0.25) is 0 Å². The van der Waals surface area contributed by atoms with Crippen LogP contribution in [0.5, 0.6) is 0 Å². The Kier molecular flexibility index (Phi) is 5.41. The van der Waals surface area contributed by atoms with E-state index in [2.05, 4.69) is 0 Å². The summed E-state index contributed by atoms with van der Waals surface area (Å²) in [5, 5.41) is 0. The van der Waals surface area contributed by atoms with Gasteiger partial charge in [0.1, 0.15) is 0 Å². The third-order valence-electron chi connectivity index (χ3n) is 3.96. The van der Waals surface area contributed by atoms with E-state index in [0.29, 0.717) is 25.3 Å². The van der Waals surface area contributed by atoms with Crippen LogP contribution in [0.25, 0.3) is 0 Å². The van der Waals surface area contributed by atoms with E-state index in [1.807, 2.05) is 43.3 Å². The maximum atomic E-state index is 12.6. The fourth-order valence-corrected chi connectivity index (χ4v) is 2.70. The van der Waals surface area contributed by atoms with E-state index in [1.54, 1.807) is 11.8 Å². The van der Waals surface area contributed by atoms with Gasteiger partial charge in [-0.2, -0.15) is 0 Å². The van der Waals surface area contributed by atoms with Crippen molar-refractivity contribution in [2.24, 2.45) is 5.92 Å². The van der Waals surface area contributed by atoms with Crippen LogP contribution in [0.15, 0.2) is 24.3 Å². The van der Waals surface area contributed by atoms with Gasteiger partial charge in [0, 0.05) is 38.4 Å². The van der Waals surface area contributed by atoms with E-state index in [9.17, 15) is 9.59 Å². The van der Waals surface area contributed by atoms with Crippen LogP contribution in [0.1, 0.15) is 30.1 Å². The molecule has 0 N–H and O–H groups in total. The van der Waals surface area contributed by atoms with Crippen molar-refractivity contribution in [2.45, 2.75) is 19.8 Å². The standard InChI is InChI=1S/C17H24N2O3/c1-4-22-17(21)14-6-5-11-19(12-14)16(20)13-7-9-15(10-8-13)18(2)3/h7-10,14H,4-6,11-12H2,1-3H3/t14-/m0/s1. The molecular formula is C17H24N2O3. The molecule has 22 heavy (non-hydrogen) atoms. The SMILES string of the molecule is CCOC(=O)[C@H]1CCCN(C(=O)c2ccc(N(C)C)cc2)C1. The van der Waals surface area contributed by atoms with Gasteiger partial charge in [0.15, 0.2) is 0 Å². The van der Waals surface area contributed by atoms with Gasteiger partial charge in [-0.05, 0) is 44.0 Å². The van der Waals surface area contributed by atoms with Gasteiger partial charge in [0.2, 0.25) is 0 Å². The van der Waals surface area contributed by atoms with Crippen molar-refractivity contribution in [3.05, 3.63) is 29.8 Å². The highest BCUT2D eigenvalue weighted by Crippen LogP contribution is 2.21. The summed E-state index contributed by atoms with van der Waals surface area (Å²) in [5.41, 5.74) is 1.72. The van der Waals surface area contributed by atoms with Crippen LogP contribution in [-0.2, 0) is 9.53 Å². The van der Waals surface area contributed by atoms with E-state index in [-0.39, 0.29) is 17.8 Å². The second-order valence-corrected chi connectivity index (χ2v) is 5.78. The molecule has 1 amide bonds. The Morgan fingerprint density at radius 2 is 1.95 bits per heavy atom. The smallest absolute Gasteiger partial charge is 0.310 e. The topological polar surface area (TPSA) is 49.9 Å². The van der Waals surface area contributed by atoms with E-state index in [0.717, 1.165) is 18.5 Å². The van der Waals surface area contributed by atoms with Crippen LogP contribution in [0, 0.1) is 5.92 Å². The fraction of sp³-hybridized carbons (Fsp3) is 0.529. The zero-order chi connectivity index (χ0) is 16.1. The number of rotatable bonds is 4. The summed E-state index contributed by atoms with van der Waals surface area (Å²) in [6, 6.07) is 7.54. The van der Waals surface area contributed by atoms with Gasteiger partial charge in [-0.3, -0.25) is 9.59 Å². The van der Waals surface area contributed by atoms with Crippen LogP contribution >= 0.6 is 0 Å². The number of nitrogens with zero attached hydrogens (tertiary/aromatic N) is 2. The molecule has 0 spiro atoms. The van der Waals surface area contributed by atoms with Crippen molar-refractivity contribution in [1.82, 2.24) is 4.90 Å². The Bertz CT molecular complexity index is 525. The molecule has 120 valence electrons. The number of benzene rings is 1. The highest BCUT2D eigenvalue weighted by Gasteiger charge is 2.29. The number of amides is 1. The second-order valence-electron chi connectivity index (χ2n) is 5.78. The van der Waals surface area contributed by atoms with E-state index < -0.39 is 0 Å². The summed E-state index contributed by atoms with van der Waals surface area (Å²) in [5.74, 6) is -0.402. The van der Waals surface area contributed by atoms with Crippen molar-refractivity contribution in [3.8, 4) is 0 Å². The number of hydrogen-bond donors (Lipinski definition) is 0. The van der Waals surface area contributed by atoms with Crippen molar-refractivity contribution >= 4 is 17.6 Å². The molecule has 1 aromatic carbocycles. The van der Waals surface area contributed by atoms with Crippen molar-refractivity contribution in [2.75, 3.05) is 38.7 Å². The first kappa shape index (κ1) is 16.3. The highest BCUT2D eigenvalue weighted by atomic mass is 16.5. The molecule has 5 heteroatoms. The van der Waals surface area contributed by atoms with Gasteiger partial charge in [0.25, 0.3) is 5.91 Å². The molecular weight excluding hydrogens is 280 g/mol. The molecule has 0 aromatic heterocycles. The molecule has 1 heterocycles. The lowest BCUT2D eigenvalue weighted by Gasteiger charge is -2.31. The second kappa shape index (κ2) is 7.29. The number of hydrogen-bond acceptors (Lipinski definition) is 4. The predicted molar refractivity (Wildman–Crippen MR) is 86.0 cm³/mol. The first-order valence-electron chi connectivity index (χ1n) is 7.76. The number of ether oxygens (including phenoxy) is 1. The zero-order valence-electron chi connectivity index (χ0n) is 13.5. The third kappa shape index (κ3) is 3.78. The first-order valence-corrected chi connectivity index (χ1v) is 7.76. The molecule has 0 bridgehead atoms. The Hall–Kier alpha value is -2.04. The van der Waals surface area contributed by atoms with Crippen molar-refractivity contribution < 1.29 is 14.3 Å². The third-order valence-corrected chi connectivity index (χ3v) is 3.96. The lowest BCUT2D eigenvalue weighted by atomic mass is 9.97. The molecule has 5 nitrogen and oxygen atoms in total. The van der Waals surface area contributed by atoms with Gasteiger partial charge < -0.3 is 14.5 Å². The Morgan fingerprint density at radius 1 is 1.27 bits per heavy atom. The Labute approximate surface area is 131 Å². The minimum Gasteiger partial charge on any atom is -0.466 e. The van der Waals surface area contributed by atoms with Crippen molar-refractivity contribution in [1.29, 1.82) is 0 Å². The first-order chi connectivity index (χ1) is 10.5. The number of piperidine rings is 1. The molecule has 0 unspecified atom stereocenters. The van der Waals surface area contributed by atoms with Gasteiger partial charge in [-0.25, -0.2) is 0 Å². The highest BCUT2D eigenvalue weighted by molar-refractivity contribution is 5.95. The maximum Gasteiger partial charge on any atom is 0.310 e. The Morgan fingerprint density at radius 3 is 2.55 bits per heavy atom. The molecule has 0 saturated carbocycles. The zero-order valence-corrected chi connectivity index (χ0v) is 13.5. The minimum atomic E-state index is -0.196. The molecule has 1 fully saturated rings. The summed E-state index contributed by atoms with van der Waals surface area (Å²) in [6.07, 6.45) is 1.63. The van der Waals surface area contributed by atoms with E-state index in [1.165, 1.54) is 0 Å². The molecule has 1 aromatic rings. The van der Waals surface area contributed by atoms with E-state index >= 15 is 0 Å². The van der Waals surface area contributed by atoms with Gasteiger partial charge in [-0.15, -0.1) is 0 Å². The van der Waals surface area contributed by atoms with Crippen LogP contribution in [0.4, 0.5) is 5.69 Å². The largest absolute Gasteiger partial charge is 0.466 e. The van der Waals surface area contributed by atoms with Crippen LogP contribution < -0.4 is 4.90 Å². The summed E-state index contributed by atoms with van der Waals surface area (Å²) >= 11 is 0. The molecule has 0 aliphatic carbocycles. The van der Waals surface area contributed by atoms with Crippen LogP contribution in [0.3, 0.4) is 0 Å². The van der Waals surface area contributed by atoms with Crippen molar-refractivity contribution in [3.63, 3.8) is 0 Å². The normalized spacial score (nSPS) is 18.0. The Balaban J connectivity index is 2.03. The lowest BCUT2D eigenvalue weighted by molar-refractivity contribution is -0.149. The molecule has 2 rings (SSSR count). The number of carbonyl (C=O) groups excluding carboxylic acids is 2. The average Bonchev–Trinajstić information content (AvgIpc) is 2.54. The summed E-state index contributed by atoms with van der Waals surface area (Å²) in [4.78, 5) is 28.2.